The standard InChI is InChI=1S/C11H23N3/c12-5-2-6-13-7-3-9-14-8-1-4-11(14)10-13/h11H,1-10,12H2. The molecule has 0 radical (unpaired) electrons. The van der Waals surface area contributed by atoms with Crippen molar-refractivity contribution in [1.82, 2.24) is 9.80 Å². The first-order valence-electron chi connectivity index (χ1n) is 6.06. The Morgan fingerprint density at radius 3 is 2.86 bits per heavy atom. The van der Waals surface area contributed by atoms with Crippen molar-refractivity contribution in [2.24, 2.45) is 5.73 Å². The molecule has 0 aromatic rings. The van der Waals surface area contributed by atoms with E-state index in [0.717, 1.165) is 19.0 Å². The minimum absolute atomic E-state index is 0.838. The van der Waals surface area contributed by atoms with Gasteiger partial charge in [-0.2, -0.15) is 0 Å². The molecule has 14 heavy (non-hydrogen) atoms. The lowest BCUT2D eigenvalue weighted by Crippen LogP contribution is -2.37. The molecule has 0 aromatic carbocycles. The van der Waals surface area contributed by atoms with Gasteiger partial charge in [-0.1, -0.05) is 0 Å². The van der Waals surface area contributed by atoms with Gasteiger partial charge in [-0.3, -0.25) is 4.90 Å². The number of hydrogen-bond donors (Lipinski definition) is 1. The molecule has 0 bridgehead atoms. The fraction of sp³-hybridized carbons (Fsp3) is 1.00. The molecule has 2 N–H and O–H groups in total. The summed E-state index contributed by atoms with van der Waals surface area (Å²) in [5, 5.41) is 0. The molecule has 1 atom stereocenters. The highest BCUT2D eigenvalue weighted by molar-refractivity contribution is 4.84. The lowest BCUT2D eigenvalue weighted by molar-refractivity contribution is 0.219. The molecule has 0 spiro atoms. The van der Waals surface area contributed by atoms with E-state index in [1.165, 1.54) is 52.0 Å². The lowest BCUT2D eigenvalue weighted by Gasteiger charge is -2.25. The molecular formula is C11H23N3. The van der Waals surface area contributed by atoms with Crippen molar-refractivity contribution in [2.45, 2.75) is 31.7 Å². The van der Waals surface area contributed by atoms with E-state index in [4.69, 9.17) is 5.73 Å². The van der Waals surface area contributed by atoms with Crippen LogP contribution in [0.25, 0.3) is 0 Å². The number of hydrogen-bond acceptors (Lipinski definition) is 3. The molecule has 0 saturated carbocycles. The average molecular weight is 197 g/mol. The first-order chi connectivity index (χ1) is 6.90. The van der Waals surface area contributed by atoms with Gasteiger partial charge in [-0.05, 0) is 58.4 Å². The molecule has 3 heteroatoms. The minimum atomic E-state index is 0.838. The van der Waals surface area contributed by atoms with Crippen LogP contribution in [0.1, 0.15) is 25.7 Å². The Labute approximate surface area is 87.2 Å². The van der Waals surface area contributed by atoms with E-state index in [-0.39, 0.29) is 0 Å². The van der Waals surface area contributed by atoms with Crippen LogP contribution in [-0.4, -0.2) is 55.1 Å². The van der Waals surface area contributed by atoms with Crippen LogP contribution in [0.3, 0.4) is 0 Å². The highest BCUT2D eigenvalue weighted by Crippen LogP contribution is 2.21. The van der Waals surface area contributed by atoms with Crippen LogP contribution in [0, 0.1) is 0 Å². The van der Waals surface area contributed by atoms with Gasteiger partial charge in [-0.15, -0.1) is 0 Å². The summed E-state index contributed by atoms with van der Waals surface area (Å²) in [6.45, 7) is 7.29. The third kappa shape index (κ3) is 2.47. The van der Waals surface area contributed by atoms with E-state index < -0.39 is 0 Å². The van der Waals surface area contributed by atoms with Gasteiger partial charge in [0.05, 0.1) is 0 Å². The maximum Gasteiger partial charge on any atom is 0.0223 e. The summed E-state index contributed by atoms with van der Waals surface area (Å²) in [6, 6.07) is 0.857. The van der Waals surface area contributed by atoms with Crippen molar-refractivity contribution in [2.75, 3.05) is 39.3 Å². The second kappa shape index (κ2) is 5.10. The molecular weight excluding hydrogens is 174 g/mol. The van der Waals surface area contributed by atoms with E-state index in [9.17, 15) is 0 Å². The third-order valence-electron chi connectivity index (χ3n) is 3.57. The van der Waals surface area contributed by atoms with E-state index in [0.29, 0.717) is 0 Å². The zero-order chi connectivity index (χ0) is 9.80. The van der Waals surface area contributed by atoms with Crippen molar-refractivity contribution < 1.29 is 0 Å². The molecule has 0 amide bonds. The van der Waals surface area contributed by atoms with Crippen LogP contribution >= 0.6 is 0 Å². The highest BCUT2D eigenvalue weighted by Gasteiger charge is 2.28. The van der Waals surface area contributed by atoms with Crippen molar-refractivity contribution in [3.05, 3.63) is 0 Å². The second-order valence-electron chi connectivity index (χ2n) is 4.63. The fourth-order valence-corrected chi connectivity index (χ4v) is 2.80. The summed E-state index contributed by atoms with van der Waals surface area (Å²) < 4.78 is 0. The number of fused-ring (bicyclic) bond motifs is 1. The molecule has 82 valence electrons. The molecule has 2 heterocycles. The minimum Gasteiger partial charge on any atom is -0.330 e. The number of nitrogens with zero attached hydrogens (tertiary/aromatic N) is 2. The molecule has 2 saturated heterocycles. The second-order valence-corrected chi connectivity index (χ2v) is 4.63. The van der Waals surface area contributed by atoms with Gasteiger partial charge in [0.2, 0.25) is 0 Å². The highest BCUT2D eigenvalue weighted by atomic mass is 15.3. The summed E-state index contributed by atoms with van der Waals surface area (Å²) >= 11 is 0. The lowest BCUT2D eigenvalue weighted by atomic mass is 10.2. The Morgan fingerprint density at radius 2 is 2.00 bits per heavy atom. The predicted octanol–water partition coefficient (Wildman–Crippen LogP) is 0.505. The predicted molar refractivity (Wildman–Crippen MR) is 59.3 cm³/mol. The largest absolute Gasteiger partial charge is 0.330 e. The third-order valence-corrected chi connectivity index (χ3v) is 3.57. The fourth-order valence-electron chi connectivity index (χ4n) is 2.80. The first-order valence-corrected chi connectivity index (χ1v) is 6.06. The Kier molecular flexibility index (Phi) is 3.79. The van der Waals surface area contributed by atoms with Crippen LogP contribution in [-0.2, 0) is 0 Å². The van der Waals surface area contributed by atoms with Gasteiger partial charge in [-0.25, -0.2) is 0 Å². The number of rotatable bonds is 3. The summed E-state index contributed by atoms with van der Waals surface area (Å²) in [6.07, 6.45) is 5.34. The molecule has 2 rings (SSSR count). The van der Waals surface area contributed by atoms with Gasteiger partial charge in [0.15, 0.2) is 0 Å². The van der Waals surface area contributed by atoms with E-state index in [1.54, 1.807) is 0 Å². The molecule has 2 aliphatic rings. The van der Waals surface area contributed by atoms with Gasteiger partial charge in [0.1, 0.15) is 0 Å². The smallest absolute Gasteiger partial charge is 0.0223 e. The van der Waals surface area contributed by atoms with Crippen molar-refractivity contribution in [1.29, 1.82) is 0 Å². The normalized spacial score (nSPS) is 30.2. The van der Waals surface area contributed by atoms with E-state index in [1.807, 2.05) is 0 Å². The Balaban J connectivity index is 1.82. The van der Waals surface area contributed by atoms with Crippen LogP contribution in [0.15, 0.2) is 0 Å². The Hall–Kier alpha value is -0.120. The van der Waals surface area contributed by atoms with E-state index >= 15 is 0 Å². The van der Waals surface area contributed by atoms with Gasteiger partial charge in [0, 0.05) is 12.6 Å². The zero-order valence-electron chi connectivity index (χ0n) is 9.12. The number of nitrogens with two attached hydrogens (primary N) is 1. The Morgan fingerprint density at radius 1 is 1.14 bits per heavy atom. The molecule has 2 fully saturated rings. The summed E-state index contributed by atoms with van der Waals surface area (Å²) in [5.41, 5.74) is 5.55. The topological polar surface area (TPSA) is 32.5 Å². The SMILES string of the molecule is NCCCN1CCCN2CCCC2C1. The van der Waals surface area contributed by atoms with Crippen LogP contribution < -0.4 is 5.73 Å². The van der Waals surface area contributed by atoms with Crippen LogP contribution in [0.2, 0.25) is 0 Å². The molecule has 2 aliphatic heterocycles. The summed E-state index contributed by atoms with van der Waals surface area (Å²) in [4.78, 5) is 5.30. The molecule has 3 nitrogen and oxygen atoms in total. The summed E-state index contributed by atoms with van der Waals surface area (Å²) in [7, 11) is 0. The molecule has 0 aromatic heterocycles. The van der Waals surface area contributed by atoms with Gasteiger partial charge < -0.3 is 10.6 Å². The Bertz CT molecular complexity index is 170. The molecule has 1 unspecified atom stereocenters. The first kappa shape index (κ1) is 10.4. The zero-order valence-corrected chi connectivity index (χ0v) is 9.12. The summed E-state index contributed by atoms with van der Waals surface area (Å²) in [5.74, 6) is 0. The van der Waals surface area contributed by atoms with Gasteiger partial charge in [0.25, 0.3) is 0 Å². The van der Waals surface area contributed by atoms with Crippen molar-refractivity contribution >= 4 is 0 Å². The van der Waals surface area contributed by atoms with Crippen molar-refractivity contribution in [3.8, 4) is 0 Å². The van der Waals surface area contributed by atoms with Gasteiger partial charge >= 0.3 is 0 Å². The quantitative estimate of drug-likeness (QED) is 0.715. The average Bonchev–Trinajstić information content (AvgIpc) is 2.54. The maximum atomic E-state index is 5.55. The maximum absolute atomic E-state index is 5.55. The van der Waals surface area contributed by atoms with E-state index in [2.05, 4.69) is 9.80 Å². The molecule has 0 aliphatic carbocycles. The van der Waals surface area contributed by atoms with Crippen LogP contribution in [0.5, 0.6) is 0 Å². The monoisotopic (exact) mass is 197 g/mol. The van der Waals surface area contributed by atoms with Crippen LogP contribution in [0.4, 0.5) is 0 Å². The van der Waals surface area contributed by atoms with Crippen molar-refractivity contribution in [3.63, 3.8) is 0 Å².